The highest BCUT2D eigenvalue weighted by Crippen LogP contribution is 2.28. The van der Waals surface area contributed by atoms with Crippen LogP contribution >= 0.6 is 0 Å². The van der Waals surface area contributed by atoms with Crippen LogP contribution < -0.4 is 10.9 Å². The number of fused-ring (bicyclic) bond motifs is 1. The van der Waals surface area contributed by atoms with Gasteiger partial charge in [-0.1, -0.05) is 18.2 Å². The number of nitriles is 1. The molecule has 0 bridgehead atoms. The molecule has 39 heavy (non-hydrogen) atoms. The normalized spacial score (nSPS) is 14.5. The number of amides is 1. The van der Waals surface area contributed by atoms with Crippen molar-refractivity contribution in [2.75, 3.05) is 26.2 Å². The Balaban J connectivity index is 1.67. The summed E-state index contributed by atoms with van der Waals surface area (Å²) in [6.07, 6.45) is 1.66. The lowest BCUT2D eigenvalue weighted by Gasteiger charge is -2.34. The van der Waals surface area contributed by atoms with Crippen LogP contribution in [0.25, 0.3) is 11.0 Å². The van der Waals surface area contributed by atoms with E-state index in [1.165, 1.54) is 0 Å². The van der Waals surface area contributed by atoms with Crippen LogP contribution in [0.5, 0.6) is 0 Å². The molecule has 1 fully saturated rings. The van der Waals surface area contributed by atoms with E-state index in [2.05, 4.69) is 21.4 Å². The summed E-state index contributed by atoms with van der Waals surface area (Å²) in [6.45, 7) is 4.61. The first-order valence-electron chi connectivity index (χ1n) is 13.0. The first-order valence-corrected chi connectivity index (χ1v) is 13.0. The number of carbonyl (C=O) groups excluding carboxylic acids is 3. The van der Waals surface area contributed by atoms with Crippen molar-refractivity contribution in [1.29, 1.82) is 5.26 Å². The van der Waals surface area contributed by atoms with Crippen molar-refractivity contribution in [3.63, 3.8) is 0 Å². The lowest BCUT2D eigenvalue weighted by Crippen LogP contribution is -2.54. The van der Waals surface area contributed by atoms with Gasteiger partial charge in [0.25, 0.3) is 5.56 Å². The van der Waals surface area contributed by atoms with Gasteiger partial charge in [0.1, 0.15) is 17.7 Å². The first-order chi connectivity index (χ1) is 18.7. The van der Waals surface area contributed by atoms with Gasteiger partial charge < -0.3 is 14.6 Å². The fraction of sp³-hybridized carbons (Fsp3) is 0.379. The van der Waals surface area contributed by atoms with Crippen molar-refractivity contribution in [3.8, 4) is 6.07 Å². The molecule has 0 aliphatic carbocycles. The van der Waals surface area contributed by atoms with Gasteiger partial charge in [0.2, 0.25) is 5.91 Å². The number of Topliss-reactive ketones (excluding diaryl/α,β-unsaturated/α-hetero) is 1. The number of carbonyl (C=O) groups is 3. The van der Waals surface area contributed by atoms with Gasteiger partial charge in [0.05, 0.1) is 35.8 Å². The maximum absolute atomic E-state index is 13.7. The monoisotopic (exact) mass is 529 g/mol. The molecule has 0 radical (unpaired) electrons. The van der Waals surface area contributed by atoms with E-state index in [0.717, 1.165) is 18.4 Å². The molecule has 1 saturated heterocycles. The number of ketones is 1. The fourth-order valence-corrected chi connectivity index (χ4v) is 4.74. The van der Waals surface area contributed by atoms with Gasteiger partial charge in [-0.3, -0.25) is 24.5 Å². The molecular formula is C29H31N5O5. The van der Waals surface area contributed by atoms with E-state index < -0.39 is 11.5 Å². The van der Waals surface area contributed by atoms with E-state index in [1.807, 2.05) is 6.07 Å². The number of nitrogens with one attached hydrogen (secondary N) is 2. The maximum Gasteiger partial charge on any atom is 0.313 e. The summed E-state index contributed by atoms with van der Waals surface area (Å²) in [6, 6.07) is 14.2. The summed E-state index contributed by atoms with van der Waals surface area (Å²) in [5.74, 6) is -1.18. The quantitative estimate of drug-likeness (QED) is 0.301. The van der Waals surface area contributed by atoms with Crippen LogP contribution in [0, 0.1) is 11.3 Å². The number of esters is 1. The topological polar surface area (TPSA) is 145 Å². The third kappa shape index (κ3) is 6.38. The van der Waals surface area contributed by atoms with Crippen LogP contribution in [-0.2, 0) is 31.1 Å². The third-order valence-electron chi connectivity index (χ3n) is 6.88. The Labute approximate surface area is 226 Å². The molecule has 4 rings (SSSR count). The van der Waals surface area contributed by atoms with Crippen molar-refractivity contribution in [1.82, 2.24) is 20.2 Å². The van der Waals surface area contributed by atoms with E-state index in [4.69, 9.17) is 4.74 Å². The number of rotatable bonds is 10. The van der Waals surface area contributed by atoms with E-state index in [1.54, 1.807) is 55.1 Å². The maximum atomic E-state index is 13.7. The van der Waals surface area contributed by atoms with Gasteiger partial charge in [0, 0.05) is 19.5 Å². The molecule has 1 atom stereocenters. The van der Waals surface area contributed by atoms with Gasteiger partial charge in [-0.15, -0.1) is 0 Å². The second-order valence-corrected chi connectivity index (χ2v) is 9.73. The summed E-state index contributed by atoms with van der Waals surface area (Å²) in [7, 11) is 0. The van der Waals surface area contributed by atoms with Crippen molar-refractivity contribution < 1.29 is 19.1 Å². The minimum absolute atomic E-state index is 0.179. The Morgan fingerprint density at radius 3 is 2.67 bits per heavy atom. The molecule has 1 amide bonds. The zero-order valence-corrected chi connectivity index (χ0v) is 22.1. The van der Waals surface area contributed by atoms with Crippen LogP contribution in [0.2, 0.25) is 0 Å². The Hall–Kier alpha value is -4.36. The van der Waals surface area contributed by atoms with Gasteiger partial charge in [0.15, 0.2) is 5.78 Å². The molecule has 2 N–H and O–H groups in total. The molecule has 10 nitrogen and oxygen atoms in total. The number of likely N-dealkylation sites (tertiary alicyclic amines) is 1. The number of ether oxygens (including phenoxy) is 1. The highest BCUT2D eigenvalue weighted by molar-refractivity contribution is 5.97. The minimum Gasteiger partial charge on any atom is -0.466 e. The lowest BCUT2D eigenvalue weighted by atomic mass is 9.89. The van der Waals surface area contributed by atoms with E-state index >= 15 is 0 Å². The van der Waals surface area contributed by atoms with E-state index in [0.29, 0.717) is 35.2 Å². The number of hydrogen-bond acceptors (Lipinski definition) is 8. The van der Waals surface area contributed by atoms with Crippen molar-refractivity contribution >= 4 is 28.7 Å². The largest absolute Gasteiger partial charge is 0.466 e. The Morgan fingerprint density at radius 1 is 1.18 bits per heavy atom. The molecule has 0 saturated carbocycles. The standard InChI is InChI=1S/C29H31N5O5/c1-3-39-26(36)16-22(35)18-31-29(2,28(38)34-11-4-5-12-34)21-9-10-23-24(15-21)32-25(27(37)33-23)14-19-7-6-8-20(13-19)17-30/h6-10,13,15,31H,3-5,11-12,14,16,18H2,1-2H3,(H,33,37). The van der Waals surface area contributed by atoms with Gasteiger partial charge in [-0.05, 0) is 62.1 Å². The molecule has 202 valence electrons. The van der Waals surface area contributed by atoms with Crippen LogP contribution in [0.15, 0.2) is 47.3 Å². The third-order valence-corrected chi connectivity index (χ3v) is 6.88. The summed E-state index contributed by atoms with van der Waals surface area (Å²) in [4.78, 5) is 59.9. The van der Waals surface area contributed by atoms with Crippen molar-refractivity contribution in [3.05, 3.63) is 75.2 Å². The Kier molecular flexibility index (Phi) is 8.52. The lowest BCUT2D eigenvalue weighted by molar-refractivity contribution is -0.145. The average Bonchev–Trinajstić information content (AvgIpc) is 3.47. The number of H-pyrrole nitrogens is 1. The predicted octanol–water partition coefficient (Wildman–Crippen LogP) is 2.34. The number of aromatic nitrogens is 2. The SMILES string of the molecule is CCOC(=O)CC(=O)CNC(C)(C(=O)N1CCCC1)c1ccc2[nH]c(=O)c(Cc3cccc(C#N)c3)nc2c1. The fourth-order valence-electron chi connectivity index (χ4n) is 4.74. The zero-order chi connectivity index (χ0) is 28.0. The Morgan fingerprint density at radius 2 is 1.95 bits per heavy atom. The van der Waals surface area contributed by atoms with E-state index in [-0.39, 0.29) is 48.9 Å². The van der Waals surface area contributed by atoms with Gasteiger partial charge >= 0.3 is 5.97 Å². The Bertz CT molecular complexity index is 1500. The van der Waals surface area contributed by atoms with Crippen LogP contribution in [0.1, 0.15) is 55.5 Å². The summed E-state index contributed by atoms with van der Waals surface area (Å²) in [5.41, 5.74) is 1.50. The molecular weight excluding hydrogens is 498 g/mol. The van der Waals surface area contributed by atoms with Crippen LogP contribution in [0.3, 0.4) is 0 Å². The second-order valence-electron chi connectivity index (χ2n) is 9.73. The number of aromatic amines is 1. The van der Waals surface area contributed by atoms with Crippen molar-refractivity contribution in [2.24, 2.45) is 0 Å². The average molecular weight is 530 g/mol. The summed E-state index contributed by atoms with van der Waals surface area (Å²) < 4.78 is 4.87. The number of hydrogen-bond donors (Lipinski definition) is 2. The zero-order valence-electron chi connectivity index (χ0n) is 22.1. The molecule has 2 heterocycles. The highest BCUT2D eigenvalue weighted by Gasteiger charge is 2.39. The molecule has 1 aromatic heterocycles. The van der Waals surface area contributed by atoms with Gasteiger partial charge in [-0.25, -0.2) is 4.98 Å². The van der Waals surface area contributed by atoms with Gasteiger partial charge in [-0.2, -0.15) is 5.26 Å². The number of nitrogens with zero attached hydrogens (tertiary/aromatic N) is 3. The van der Waals surface area contributed by atoms with Crippen molar-refractivity contribution in [2.45, 2.75) is 45.1 Å². The molecule has 1 aliphatic heterocycles. The van der Waals surface area contributed by atoms with Crippen LogP contribution in [0.4, 0.5) is 0 Å². The molecule has 1 unspecified atom stereocenters. The molecule has 0 spiro atoms. The molecule has 2 aromatic carbocycles. The second kappa shape index (κ2) is 12.0. The molecule has 3 aromatic rings. The minimum atomic E-state index is -1.28. The first kappa shape index (κ1) is 27.7. The summed E-state index contributed by atoms with van der Waals surface area (Å²) in [5, 5.41) is 12.3. The molecule has 10 heteroatoms. The highest BCUT2D eigenvalue weighted by atomic mass is 16.5. The number of benzene rings is 2. The summed E-state index contributed by atoms with van der Waals surface area (Å²) >= 11 is 0. The van der Waals surface area contributed by atoms with Crippen LogP contribution in [-0.4, -0.2) is 58.8 Å². The van der Waals surface area contributed by atoms with E-state index in [9.17, 15) is 24.4 Å². The molecule has 1 aliphatic rings. The predicted molar refractivity (Wildman–Crippen MR) is 144 cm³/mol. The smallest absolute Gasteiger partial charge is 0.313 e.